The average molecular weight is 308 g/mol. The van der Waals surface area contributed by atoms with Crippen LogP contribution in [0, 0.1) is 17.0 Å². The maximum Gasteiger partial charge on any atom is 0.331 e. The van der Waals surface area contributed by atoms with E-state index in [1.165, 1.54) is 6.07 Å². The van der Waals surface area contributed by atoms with Gasteiger partial charge in [0.25, 0.3) is 5.88 Å². The standard InChI is InChI=1S/C13H16N4O3S/c1-3-14-12-5-4-10(17(18)19)13(16-12)20-7-6-11-9(2)15-8-21-11/h4-5,8H,3,6-7H2,1-2H3,(H,14,16). The van der Waals surface area contributed by atoms with Crippen molar-refractivity contribution < 1.29 is 9.66 Å². The van der Waals surface area contributed by atoms with E-state index in [0.717, 1.165) is 10.6 Å². The lowest BCUT2D eigenvalue weighted by molar-refractivity contribution is -0.386. The van der Waals surface area contributed by atoms with Crippen LogP contribution >= 0.6 is 11.3 Å². The highest BCUT2D eigenvalue weighted by molar-refractivity contribution is 7.09. The lowest BCUT2D eigenvalue weighted by Crippen LogP contribution is -2.07. The number of hydrogen-bond acceptors (Lipinski definition) is 7. The quantitative estimate of drug-likeness (QED) is 0.625. The number of aromatic nitrogens is 2. The molecule has 2 aromatic heterocycles. The third-order valence-electron chi connectivity index (χ3n) is 2.81. The highest BCUT2D eigenvalue weighted by Gasteiger charge is 2.17. The molecule has 112 valence electrons. The number of hydrogen-bond donors (Lipinski definition) is 1. The molecule has 0 unspecified atom stereocenters. The van der Waals surface area contributed by atoms with Gasteiger partial charge in [-0.15, -0.1) is 11.3 Å². The smallest absolute Gasteiger partial charge is 0.331 e. The largest absolute Gasteiger partial charge is 0.472 e. The van der Waals surface area contributed by atoms with E-state index in [0.29, 0.717) is 25.4 Å². The molecule has 21 heavy (non-hydrogen) atoms. The van der Waals surface area contributed by atoms with Crippen molar-refractivity contribution >= 4 is 22.8 Å². The molecular weight excluding hydrogens is 292 g/mol. The zero-order chi connectivity index (χ0) is 15.2. The summed E-state index contributed by atoms with van der Waals surface area (Å²) in [5.41, 5.74) is 2.61. The second-order valence-electron chi connectivity index (χ2n) is 4.27. The van der Waals surface area contributed by atoms with Crippen molar-refractivity contribution in [1.82, 2.24) is 9.97 Å². The van der Waals surface area contributed by atoms with Crippen LogP contribution in [-0.4, -0.2) is 28.0 Å². The Bertz CT molecular complexity index is 630. The molecule has 2 heterocycles. The first-order valence-corrected chi connectivity index (χ1v) is 7.40. The van der Waals surface area contributed by atoms with Crippen molar-refractivity contribution in [2.45, 2.75) is 20.3 Å². The van der Waals surface area contributed by atoms with E-state index >= 15 is 0 Å². The molecule has 7 nitrogen and oxygen atoms in total. The van der Waals surface area contributed by atoms with Gasteiger partial charge in [0.2, 0.25) is 0 Å². The van der Waals surface area contributed by atoms with Gasteiger partial charge in [0.1, 0.15) is 5.82 Å². The Morgan fingerprint density at radius 2 is 2.29 bits per heavy atom. The van der Waals surface area contributed by atoms with Crippen molar-refractivity contribution in [3.63, 3.8) is 0 Å². The highest BCUT2D eigenvalue weighted by Crippen LogP contribution is 2.26. The Morgan fingerprint density at radius 3 is 2.90 bits per heavy atom. The normalized spacial score (nSPS) is 10.4. The fourth-order valence-corrected chi connectivity index (χ4v) is 2.53. The number of anilines is 1. The number of nitrogens with zero attached hydrogens (tertiary/aromatic N) is 3. The predicted octanol–water partition coefficient (Wildman–Crippen LogP) is 2.81. The van der Waals surface area contributed by atoms with Crippen LogP contribution < -0.4 is 10.1 Å². The third kappa shape index (κ3) is 3.88. The number of thiazole rings is 1. The molecule has 0 saturated heterocycles. The molecule has 0 aliphatic heterocycles. The zero-order valence-electron chi connectivity index (χ0n) is 11.8. The molecule has 0 amide bonds. The maximum absolute atomic E-state index is 11.0. The third-order valence-corrected chi connectivity index (χ3v) is 3.80. The van der Waals surface area contributed by atoms with Gasteiger partial charge in [-0.25, -0.2) is 4.98 Å². The van der Waals surface area contributed by atoms with E-state index < -0.39 is 4.92 Å². The van der Waals surface area contributed by atoms with Crippen LogP contribution in [0.3, 0.4) is 0 Å². The summed E-state index contributed by atoms with van der Waals surface area (Å²) in [4.78, 5) is 19.9. The molecule has 2 rings (SSSR count). The van der Waals surface area contributed by atoms with Crippen LogP contribution in [0.25, 0.3) is 0 Å². The van der Waals surface area contributed by atoms with Crippen LogP contribution in [-0.2, 0) is 6.42 Å². The molecule has 2 aromatic rings. The Kier molecular flexibility index (Phi) is 5.04. The second-order valence-corrected chi connectivity index (χ2v) is 5.21. The Hall–Kier alpha value is -2.22. The van der Waals surface area contributed by atoms with Crippen molar-refractivity contribution in [2.75, 3.05) is 18.5 Å². The Morgan fingerprint density at radius 1 is 1.48 bits per heavy atom. The molecule has 0 aromatic carbocycles. The fraction of sp³-hybridized carbons (Fsp3) is 0.385. The molecular formula is C13H16N4O3S. The summed E-state index contributed by atoms with van der Waals surface area (Å²) in [6.07, 6.45) is 0.654. The van der Waals surface area contributed by atoms with Gasteiger partial charge in [-0.05, 0) is 19.9 Å². The summed E-state index contributed by atoms with van der Waals surface area (Å²) >= 11 is 1.55. The molecule has 0 aliphatic rings. The number of pyridine rings is 1. The Balaban J connectivity index is 2.07. The first-order chi connectivity index (χ1) is 10.1. The molecule has 0 saturated carbocycles. The van der Waals surface area contributed by atoms with Crippen LogP contribution in [0.4, 0.5) is 11.5 Å². The number of nitrogens with one attached hydrogen (secondary N) is 1. The number of ether oxygens (including phenoxy) is 1. The van der Waals surface area contributed by atoms with Crippen molar-refractivity contribution in [3.8, 4) is 5.88 Å². The topological polar surface area (TPSA) is 90.2 Å². The summed E-state index contributed by atoms with van der Waals surface area (Å²) in [6, 6.07) is 2.97. The van der Waals surface area contributed by atoms with E-state index in [1.54, 1.807) is 22.9 Å². The van der Waals surface area contributed by atoms with Crippen LogP contribution in [0.15, 0.2) is 17.6 Å². The van der Waals surface area contributed by atoms with Gasteiger partial charge >= 0.3 is 5.69 Å². The van der Waals surface area contributed by atoms with E-state index in [-0.39, 0.29) is 11.6 Å². The van der Waals surface area contributed by atoms with E-state index in [9.17, 15) is 10.1 Å². The molecule has 0 aliphatic carbocycles. The molecule has 0 spiro atoms. The molecule has 0 radical (unpaired) electrons. The van der Waals surface area contributed by atoms with E-state index in [2.05, 4.69) is 15.3 Å². The first kappa shape index (κ1) is 15.2. The Labute approximate surface area is 126 Å². The zero-order valence-corrected chi connectivity index (χ0v) is 12.6. The molecule has 8 heteroatoms. The first-order valence-electron chi connectivity index (χ1n) is 6.53. The second kappa shape index (κ2) is 6.98. The summed E-state index contributed by atoms with van der Waals surface area (Å²) in [7, 11) is 0. The van der Waals surface area contributed by atoms with Gasteiger partial charge in [0, 0.05) is 23.9 Å². The van der Waals surface area contributed by atoms with Gasteiger partial charge in [-0.1, -0.05) is 0 Å². The van der Waals surface area contributed by atoms with Crippen LogP contribution in [0.5, 0.6) is 5.88 Å². The van der Waals surface area contributed by atoms with Gasteiger partial charge in [0.15, 0.2) is 0 Å². The minimum Gasteiger partial charge on any atom is -0.472 e. The van der Waals surface area contributed by atoms with Crippen LogP contribution in [0.2, 0.25) is 0 Å². The summed E-state index contributed by atoms with van der Waals surface area (Å²) in [5, 5.41) is 14.0. The SMILES string of the molecule is CCNc1ccc([N+](=O)[O-])c(OCCc2scnc2C)n1. The molecule has 0 fully saturated rings. The monoisotopic (exact) mass is 308 g/mol. The van der Waals surface area contributed by atoms with Gasteiger partial charge in [0.05, 0.1) is 22.7 Å². The fourth-order valence-electron chi connectivity index (χ4n) is 1.76. The number of rotatable bonds is 7. The highest BCUT2D eigenvalue weighted by atomic mass is 32.1. The minimum absolute atomic E-state index is 0.0422. The lowest BCUT2D eigenvalue weighted by Gasteiger charge is -2.08. The van der Waals surface area contributed by atoms with Crippen molar-refractivity contribution in [3.05, 3.63) is 38.3 Å². The summed E-state index contributed by atoms with van der Waals surface area (Å²) < 4.78 is 5.50. The predicted molar refractivity (Wildman–Crippen MR) is 81.1 cm³/mol. The molecule has 0 bridgehead atoms. The van der Waals surface area contributed by atoms with Gasteiger partial charge in [-0.3, -0.25) is 10.1 Å². The molecule has 0 atom stereocenters. The average Bonchev–Trinajstić information content (AvgIpc) is 2.85. The van der Waals surface area contributed by atoms with Crippen molar-refractivity contribution in [1.29, 1.82) is 0 Å². The van der Waals surface area contributed by atoms with E-state index in [1.807, 2.05) is 13.8 Å². The van der Waals surface area contributed by atoms with Crippen LogP contribution in [0.1, 0.15) is 17.5 Å². The van der Waals surface area contributed by atoms with E-state index in [4.69, 9.17) is 4.74 Å². The van der Waals surface area contributed by atoms with Gasteiger partial charge < -0.3 is 10.1 Å². The van der Waals surface area contributed by atoms with Gasteiger partial charge in [-0.2, -0.15) is 4.98 Å². The number of nitro groups is 1. The summed E-state index contributed by atoms with van der Waals surface area (Å²) in [5.74, 6) is 0.604. The molecule has 1 N–H and O–H groups in total. The number of aryl methyl sites for hydroxylation is 1. The summed E-state index contributed by atoms with van der Waals surface area (Å²) in [6.45, 7) is 4.87. The minimum atomic E-state index is -0.490. The maximum atomic E-state index is 11.0. The lowest BCUT2D eigenvalue weighted by atomic mass is 10.3. The van der Waals surface area contributed by atoms with Crippen molar-refractivity contribution in [2.24, 2.45) is 0 Å².